The van der Waals surface area contributed by atoms with E-state index in [1.54, 1.807) is 87.2 Å². The Kier molecular flexibility index (Phi) is 13.5. The molecule has 0 aliphatic carbocycles. The SMILES string of the molecule is COc1ccc(NC(=O)N(C)C[C@H]2OCCCC[C@@H](C)Oc3ccc(NC(=O)Nc4c(C)noc4C)cc3C(=O)N([C@H](C)CO)C[C@@H]2C)cc1. The minimum absolute atomic E-state index is 0.211. The van der Waals surface area contributed by atoms with Crippen LogP contribution >= 0.6 is 0 Å². The number of hydrogen-bond donors (Lipinski definition) is 4. The molecular weight excluding hydrogens is 644 g/mol. The first-order valence-electron chi connectivity index (χ1n) is 16.9. The number of carbonyl (C=O) groups is 3. The predicted octanol–water partition coefficient (Wildman–Crippen LogP) is 5.90. The molecule has 1 aliphatic rings. The van der Waals surface area contributed by atoms with Crippen molar-refractivity contribution in [3.63, 3.8) is 0 Å². The van der Waals surface area contributed by atoms with Crippen LogP contribution in [0.25, 0.3) is 0 Å². The van der Waals surface area contributed by atoms with E-state index in [4.69, 9.17) is 18.7 Å². The molecule has 50 heavy (non-hydrogen) atoms. The summed E-state index contributed by atoms with van der Waals surface area (Å²) in [5, 5.41) is 22.5. The molecule has 272 valence electrons. The van der Waals surface area contributed by atoms with Gasteiger partial charge in [0.2, 0.25) is 0 Å². The van der Waals surface area contributed by atoms with Crippen molar-refractivity contribution < 1.29 is 38.2 Å². The molecular formula is C36H50N6O8. The zero-order valence-electron chi connectivity index (χ0n) is 29.9. The highest BCUT2D eigenvalue weighted by Gasteiger charge is 2.31. The molecule has 0 saturated carbocycles. The number of carbonyl (C=O) groups excluding carboxylic acids is 3. The van der Waals surface area contributed by atoms with E-state index in [-0.39, 0.29) is 49.2 Å². The van der Waals surface area contributed by atoms with Crippen LogP contribution in [-0.2, 0) is 4.74 Å². The van der Waals surface area contributed by atoms with Crippen LogP contribution in [0.1, 0.15) is 61.8 Å². The summed E-state index contributed by atoms with van der Waals surface area (Å²) in [6.45, 7) is 9.77. The van der Waals surface area contributed by atoms with Crippen molar-refractivity contribution in [3.8, 4) is 11.5 Å². The molecule has 0 fully saturated rings. The minimum atomic E-state index is -0.556. The van der Waals surface area contributed by atoms with Gasteiger partial charge in [0.25, 0.3) is 5.91 Å². The largest absolute Gasteiger partial charge is 0.497 e. The van der Waals surface area contributed by atoms with Crippen molar-refractivity contribution in [2.75, 3.05) is 56.4 Å². The molecule has 1 aliphatic heterocycles. The summed E-state index contributed by atoms with van der Waals surface area (Å²) in [6.07, 6.45) is 1.70. The van der Waals surface area contributed by atoms with Crippen LogP contribution in [0.3, 0.4) is 0 Å². The van der Waals surface area contributed by atoms with E-state index in [9.17, 15) is 19.5 Å². The lowest BCUT2D eigenvalue weighted by Crippen LogP contribution is -2.48. The van der Waals surface area contributed by atoms with E-state index < -0.39 is 18.2 Å². The minimum Gasteiger partial charge on any atom is -0.497 e. The number of nitrogens with one attached hydrogen (secondary N) is 3. The quantitative estimate of drug-likeness (QED) is 0.224. The molecule has 4 N–H and O–H groups in total. The zero-order valence-corrected chi connectivity index (χ0v) is 29.9. The van der Waals surface area contributed by atoms with Crippen molar-refractivity contribution in [1.82, 2.24) is 15.0 Å². The average Bonchev–Trinajstić information content (AvgIpc) is 3.41. The molecule has 0 spiro atoms. The van der Waals surface area contributed by atoms with E-state index in [0.717, 1.165) is 19.3 Å². The van der Waals surface area contributed by atoms with Gasteiger partial charge in [0.15, 0.2) is 5.76 Å². The lowest BCUT2D eigenvalue weighted by Gasteiger charge is -2.35. The van der Waals surface area contributed by atoms with E-state index in [2.05, 4.69) is 21.1 Å². The van der Waals surface area contributed by atoms with Crippen LogP contribution in [0, 0.1) is 19.8 Å². The number of fused-ring (bicyclic) bond motifs is 1. The molecule has 2 aromatic carbocycles. The van der Waals surface area contributed by atoms with Gasteiger partial charge in [-0.3, -0.25) is 4.79 Å². The van der Waals surface area contributed by atoms with Gasteiger partial charge in [0, 0.05) is 44.0 Å². The first kappa shape index (κ1) is 38.0. The second-order valence-corrected chi connectivity index (χ2v) is 12.8. The number of aryl methyl sites for hydroxylation is 2. The van der Waals surface area contributed by atoms with E-state index in [1.165, 1.54) is 0 Å². The molecule has 0 radical (unpaired) electrons. The van der Waals surface area contributed by atoms with Gasteiger partial charge in [-0.05, 0) is 89.4 Å². The maximum atomic E-state index is 14.4. The van der Waals surface area contributed by atoms with Crippen molar-refractivity contribution in [2.45, 2.75) is 72.1 Å². The summed E-state index contributed by atoms with van der Waals surface area (Å²) in [5.41, 5.74) is 2.24. The third-order valence-corrected chi connectivity index (χ3v) is 8.72. The molecule has 4 rings (SSSR count). The normalized spacial score (nSPS) is 19.3. The van der Waals surface area contributed by atoms with Crippen molar-refractivity contribution in [1.29, 1.82) is 0 Å². The standard InChI is InChI=1S/C36H50N6O8/c1-22-19-42(23(2)21-43)34(44)30-18-28(37-35(45)39-33-25(4)40-50-26(33)5)13-16-31(30)49-24(3)10-8-9-17-48-32(22)20-41(6)36(46)38-27-11-14-29(47-7)15-12-27/h11-16,18,22-24,32,43H,8-10,17,19-21H2,1-7H3,(H,38,46)(H2,37,39,45)/t22-,23+,24+,32+/m0/s1. The van der Waals surface area contributed by atoms with E-state index in [0.29, 0.717) is 46.6 Å². The van der Waals surface area contributed by atoms with Crippen molar-refractivity contribution >= 4 is 35.0 Å². The second-order valence-electron chi connectivity index (χ2n) is 12.8. The van der Waals surface area contributed by atoms with Gasteiger partial charge in [-0.1, -0.05) is 12.1 Å². The monoisotopic (exact) mass is 694 g/mol. The fraction of sp³-hybridized carbons (Fsp3) is 0.500. The fourth-order valence-electron chi connectivity index (χ4n) is 5.65. The summed E-state index contributed by atoms with van der Waals surface area (Å²) in [7, 11) is 3.28. The Balaban J connectivity index is 1.57. The third kappa shape index (κ3) is 10.1. The average molecular weight is 695 g/mol. The highest BCUT2D eigenvalue weighted by molar-refractivity contribution is 6.03. The first-order chi connectivity index (χ1) is 23.9. The molecule has 14 nitrogen and oxygen atoms in total. The Morgan fingerprint density at radius 1 is 1.08 bits per heavy atom. The van der Waals surface area contributed by atoms with Gasteiger partial charge in [0.05, 0.1) is 37.5 Å². The third-order valence-electron chi connectivity index (χ3n) is 8.72. The Morgan fingerprint density at radius 2 is 1.80 bits per heavy atom. The molecule has 1 aromatic heterocycles. The number of aliphatic hydroxyl groups excluding tert-OH is 1. The van der Waals surface area contributed by atoms with Gasteiger partial charge >= 0.3 is 12.1 Å². The maximum Gasteiger partial charge on any atom is 0.323 e. The Bertz CT molecular complexity index is 1580. The van der Waals surface area contributed by atoms with Crippen LogP contribution in [0.2, 0.25) is 0 Å². The van der Waals surface area contributed by atoms with Crippen LogP contribution in [-0.4, -0.2) is 96.7 Å². The number of likely N-dealkylation sites (N-methyl/N-ethyl adjacent to an activating group) is 1. The molecule has 3 aromatic rings. The number of methoxy groups -OCH3 is 1. The summed E-state index contributed by atoms with van der Waals surface area (Å²) < 4.78 is 23.0. The number of aromatic nitrogens is 1. The van der Waals surface area contributed by atoms with Gasteiger partial charge in [-0.25, -0.2) is 9.59 Å². The van der Waals surface area contributed by atoms with Gasteiger partial charge < -0.3 is 49.6 Å². The number of benzene rings is 2. The van der Waals surface area contributed by atoms with Gasteiger partial charge in [0.1, 0.15) is 22.9 Å². The summed E-state index contributed by atoms with van der Waals surface area (Å²) in [6, 6.07) is 10.6. The van der Waals surface area contributed by atoms with Crippen LogP contribution < -0.4 is 25.4 Å². The Labute approximate surface area is 293 Å². The number of nitrogens with zero attached hydrogens (tertiary/aromatic N) is 3. The zero-order chi connectivity index (χ0) is 36.4. The number of rotatable bonds is 8. The molecule has 14 heteroatoms. The lowest BCUT2D eigenvalue weighted by atomic mass is 10.0. The lowest BCUT2D eigenvalue weighted by molar-refractivity contribution is -0.0115. The summed E-state index contributed by atoms with van der Waals surface area (Å²) in [5.74, 6) is 0.911. The van der Waals surface area contributed by atoms with Crippen LogP contribution in [0.5, 0.6) is 11.5 Å². The predicted molar refractivity (Wildman–Crippen MR) is 190 cm³/mol. The van der Waals surface area contributed by atoms with E-state index in [1.807, 2.05) is 13.8 Å². The smallest absolute Gasteiger partial charge is 0.323 e. The number of aliphatic hydroxyl groups is 1. The molecule has 0 unspecified atom stereocenters. The van der Waals surface area contributed by atoms with E-state index >= 15 is 0 Å². The summed E-state index contributed by atoms with van der Waals surface area (Å²) >= 11 is 0. The first-order valence-corrected chi connectivity index (χ1v) is 16.9. The summed E-state index contributed by atoms with van der Waals surface area (Å²) in [4.78, 5) is 43.6. The second kappa shape index (κ2) is 17.7. The van der Waals surface area contributed by atoms with Crippen LogP contribution in [0.4, 0.5) is 26.7 Å². The Hall–Kier alpha value is -4.82. The van der Waals surface area contributed by atoms with Crippen molar-refractivity contribution in [3.05, 3.63) is 59.5 Å². The topological polar surface area (TPSA) is 168 Å². The highest BCUT2D eigenvalue weighted by atomic mass is 16.5. The molecule has 0 saturated heterocycles. The van der Waals surface area contributed by atoms with Crippen LogP contribution in [0.15, 0.2) is 47.0 Å². The van der Waals surface area contributed by atoms with Gasteiger partial charge in [-0.15, -0.1) is 0 Å². The molecule has 2 heterocycles. The van der Waals surface area contributed by atoms with Crippen molar-refractivity contribution in [2.24, 2.45) is 5.92 Å². The molecule has 4 atom stereocenters. The fourth-order valence-corrected chi connectivity index (χ4v) is 5.65. The Morgan fingerprint density at radius 3 is 2.46 bits per heavy atom. The van der Waals surface area contributed by atoms with Gasteiger partial charge in [-0.2, -0.15) is 0 Å². The maximum absolute atomic E-state index is 14.4. The number of urea groups is 2. The molecule has 5 amide bonds. The number of amides is 5. The highest BCUT2D eigenvalue weighted by Crippen LogP contribution is 2.29. The number of ether oxygens (including phenoxy) is 3. The number of anilines is 3. The molecule has 0 bridgehead atoms. The number of hydrogen-bond acceptors (Lipinski definition) is 9.